The highest BCUT2D eigenvalue weighted by atomic mass is 16.6. The summed E-state index contributed by atoms with van der Waals surface area (Å²) in [6, 6.07) is 6.09. The largest absolute Gasteiger partial charge is 0.365 e. The van der Waals surface area contributed by atoms with Gasteiger partial charge in [0.15, 0.2) is 0 Å². The molecule has 0 unspecified atom stereocenters. The minimum absolute atomic E-state index is 0.00668. The Morgan fingerprint density at radius 3 is 2.48 bits per heavy atom. The summed E-state index contributed by atoms with van der Waals surface area (Å²) in [5, 5.41) is 19.8. The van der Waals surface area contributed by atoms with Crippen LogP contribution in [0.2, 0.25) is 0 Å². The van der Waals surface area contributed by atoms with Gasteiger partial charge in [-0.2, -0.15) is 5.26 Å². The highest BCUT2D eigenvalue weighted by molar-refractivity contribution is 5.81. The molecule has 0 fully saturated rings. The van der Waals surface area contributed by atoms with E-state index in [1.807, 2.05) is 13.8 Å². The SMILES string of the molecule is CCN(CC)C(=O)CN(C)c1ccc(C#N)c([N+](=O)[O-])c1. The van der Waals surface area contributed by atoms with Gasteiger partial charge in [-0.05, 0) is 26.0 Å². The van der Waals surface area contributed by atoms with Crippen LogP contribution in [0, 0.1) is 21.4 Å². The van der Waals surface area contributed by atoms with Gasteiger partial charge in [0.2, 0.25) is 5.91 Å². The van der Waals surface area contributed by atoms with Gasteiger partial charge in [0.25, 0.3) is 5.69 Å². The Morgan fingerprint density at radius 2 is 2.00 bits per heavy atom. The zero-order valence-corrected chi connectivity index (χ0v) is 12.4. The minimum atomic E-state index is -0.595. The quantitative estimate of drug-likeness (QED) is 0.588. The maximum absolute atomic E-state index is 12.0. The van der Waals surface area contributed by atoms with Crippen molar-refractivity contribution in [3.8, 4) is 6.07 Å². The monoisotopic (exact) mass is 290 g/mol. The second-order valence-corrected chi connectivity index (χ2v) is 4.49. The molecule has 0 spiro atoms. The molecule has 0 aliphatic rings. The molecule has 0 saturated heterocycles. The van der Waals surface area contributed by atoms with E-state index in [-0.39, 0.29) is 23.7 Å². The van der Waals surface area contributed by atoms with E-state index in [2.05, 4.69) is 0 Å². The molecule has 0 radical (unpaired) electrons. The number of carbonyl (C=O) groups excluding carboxylic acids is 1. The lowest BCUT2D eigenvalue weighted by molar-refractivity contribution is -0.385. The Hall–Kier alpha value is -2.62. The van der Waals surface area contributed by atoms with Crippen molar-refractivity contribution in [3.63, 3.8) is 0 Å². The number of nitro groups is 1. The molecule has 1 aromatic rings. The van der Waals surface area contributed by atoms with Crippen LogP contribution in [0.5, 0.6) is 0 Å². The van der Waals surface area contributed by atoms with E-state index in [4.69, 9.17) is 5.26 Å². The van der Waals surface area contributed by atoms with E-state index in [0.29, 0.717) is 18.8 Å². The van der Waals surface area contributed by atoms with Gasteiger partial charge in [-0.25, -0.2) is 0 Å². The first kappa shape index (κ1) is 16.4. The number of amides is 1. The second-order valence-electron chi connectivity index (χ2n) is 4.49. The fourth-order valence-electron chi connectivity index (χ4n) is 1.97. The Balaban J connectivity index is 2.96. The molecule has 0 bridgehead atoms. The molecule has 21 heavy (non-hydrogen) atoms. The summed E-state index contributed by atoms with van der Waals surface area (Å²) in [5.74, 6) is -0.0467. The number of rotatable bonds is 6. The molecule has 0 heterocycles. The van der Waals surface area contributed by atoms with E-state index in [0.717, 1.165) is 0 Å². The van der Waals surface area contributed by atoms with Gasteiger partial charge in [0, 0.05) is 31.9 Å². The number of likely N-dealkylation sites (N-methyl/N-ethyl adjacent to an activating group) is 2. The molecule has 7 nitrogen and oxygen atoms in total. The van der Waals surface area contributed by atoms with Crippen molar-refractivity contribution in [2.24, 2.45) is 0 Å². The van der Waals surface area contributed by atoms with Crippen LogP contribution in [-0.2, 0) is 4.79 Å². The van der Waals surface area contributed by atoms with Crippen LogP contribution >= 0.6 is 0 Å². The normalized spacial score (nSPS) is 9.81. The smallest absolute Gasteiger partial charge is 0.289 e. The molecule has 0 atom stereocenters. The number of benzene rings is 1. The molecule has 1 amide bonds. The van der Waals surface area contributed by atoms with Crippen LogP contribution in [0.25, 0.3) is 0 Å². The first-order valence-electron chi connectivity index (χ1n) is 6.62. The molecule has 1 aromatic carbocycles. The van der Waals surface area contributed by atoms with E-state index in [1.165, 1.54) is 12.1 Å². The first-order chi connectivity index (χ1) is 9.94. The lowest BCUT2D eigenvalue weighted by Crippen LogP contribution is -2.38. The zero-order chi connectivity index (χ0) is 16.0. The molecule has 1 rings (SSSR count). The molecular formula is C14H18N4O3. The van der Waals surface area contributed by atoms with Gasteiger partial charge in [-0.3, -0.25) is 14.9 Å². The van der Waals surface area contributed by atoms with Gasteiger partial charge in [0.1, 0.15) is 11.6 Å². The second kappa shape index (κ2) is 7.24. The Bertz CT molecular complexity index is 576. The van der Waals surface area contributed by atoms with Gasteiger partial charge in [0.05, 0.1) is 11.5 Å². The van der Waals surface area contributed by atoms with Gasteiger partial charge < -0.3 is 9.80 Å². The number of nitro benzene ring substituents is 1. The maximum Gasteiger partial charge on any atom is 0.289 e. The maximum atomic E-state index is 12.0. The average Bonchev–Trinajstić information content (AvgIpc) is 2.47. The summed E-state index contributed by atoms with van der Waals surface area (Å²) in [6.07, 6.45) is 0. The molecular weight excluding hydrogens is 272 g/mol. The number of carbonyl (C=O) groups is 1. The molecule has 0 aliphatic carbocycles. The highest BCUT2D eigenvalue weighted by Gasteiger charge is 2.18. The third kappa shape index (κ3) is 3.92. The van der Waals surface area contributed by atoms with Crippen LogP contribution in [0.1, 0.15) is 19.4 Å². The van der Waals surface area contributed by atoms with E-state index in [9.17, 15) is 14.9 Å². The van der Waals surface area contributed by atoms with E-state index >= 15 is 0 Å². The van der Waals surface area contributed by atoms with E-state index < -0.39 is 4.92 Å². The predicted molar refractivity (Wildman–Crippen MR) is 79.0 cm³/mol. The summed E-state index contributed by atoms with van der Waals surface area (Å²) in [5.41, 5.74) is 0.283. The third-order valence-electron chi connectivity index (χ3n) is 3.23. The molecule has 0 N–H and O–H groups in total. The summed E-state index contributed by atoms with van der Waals surface area (Å²) < 4.78 is 0. The lowest BCUT2D eigenvalue weighted by atomic mass is 10.1. The van der Waals surface area contributed by atoms with Crippen molar-refractivity contribution < 1.29 is 9.72 Å². The van der Waals surface area contributed by atoms with Crippen LogP contribution in [0.3, 0.4) is 0 Å². The Kier molecular flexibility index (Phi) is 5.67. The fraction of sp³-hybridized carbons (Fsp3) is 0.429. The van der Waals surface area contributed by atoms with Crippen LogP contribution in [-0.4, -0.2) is 42.4 Å². The van der Waals surface area contributed by atoms with E-state index in [1.54, 1.807) is 29.0 Å². The predicted octanol–water partition coefficient (Wildman–Crippen LogP) is 1.77. The van der Waals surface area contributed by atoms with Crippen molar-refractivity contribution in [1.29, 1.82) is 5.26 Å². The van der Waals surface area contributed by atoms with Crippen molar-refractivity contribution in [2.45, 2.75) is 13.8 Å². The lowest BCUT2D eigenvalue weighted by Gasteiger charge is -2.24. The summed E-state index contributed by atoms with van der Waals surface area (Å²) in [6.45, 7) is 5.17. The molecule has 0 aliphatic heterocycles. The van der Waals surface area contributed by atoms with Crippen molar-refractivity contribution in [2.75, 3.05) is 31.6 Å². The number of anilines is 1. The van der Waals surface area contributed by atoms with Crippen LogP contribution in [0.15, 0.2) is 18.2 Å². The first-order valence-corrected chi connectivity index (χ1v) is 6.62. The third-order valence-corrected chi connectivity index (χ3v) is 3.23. The minimum Gasteiger partial charge on any atom is -0.365 e. The van der Waals surface area contributed by atoms with Gasteiger partial charge >= 0.3 is 0 Å². The zero-order valence-electron chi connectivity index (χ0n) is 12.4. The van der Waals surface area contributed by atoms with Gasteiger partial charge in [-0.15, -0.1) is 0 Å². The summed E-state index contributed by atoms with van der Waals surface area (Å²) in [7, 11) is 1.69. The van der Waals surface area contributed by atoms with Crippen molar-refractivity contribution in [1.82, 2.24) is 4.90 Å². The van der Waals surface area contributed by atoms with Crippen molar-refractivity contribution >= 4 is 17.3 Å². The van der Waals surface area contributed by atoms with Crippen LogP contribution < -0.4 is 4.90 Å². The number of nitriles is 1. The average molecular weight is 290 g/mol. The number of hydrogen-bond acceptors (Lipinski definition) is 5. The standard InChI is InChI=1S/C14H18N4O3/c1-4-17(5-2)14(19)10-16(3)12-7-6-11(9-15)13(8-12)18(20)21/h6-8H,4-5,10H2,1-3H3. The Labute approximate surface area is 123 Å². The number of hydrogen-bond donors (Lipinski definition) is 0. The fourth-order valence-corrected chi connectivity index (χ4v) is 1.97. The molecule has 0 saturated carbocycles. The Morgan fingerprint density at radius 1 is 1.38 bits per heavy atom. The molecule has 0 aromatic heterocycles. The number of nitrogens with zero attached hydrogens (tertiary/aromatic N) is 4. The molecule has 7 heteroatoms. The summed E-state index contributed by atoms with van der Waals surface area (Å²) >= 11 is 0. The van der Waals surface area contributed by atoms with Gasteiger partial charge in [-0.1, -0.05) is 0 Å². The summed E-state index contributed by atoms with van der Waals surface area (Å²) in [4.78, 5) is 25.7. The van der Waals surface area contributed by atoms with Crippen molar-refractivity contribution in [3.05, 3.63) is 33.9 Å². The highest BCUT2D eigenvalue weighted by Crippen LogP contribution is 2.24. The molecule has 112 valence electrons. The topological polar surface area (TPSA) is 90.5 Å². The van der Waals surface area contributed by atoms with Crippen LogP contribution in [0.4, 0.5) is 11.4 Å².